The summed E-state index contributed by atoms with van der Waals surface area (Å²) in [4.78, 5) is 12.1. The van der Waals surface area contributed by atoms with Crippen molar-refractivity contribution in [2.75, 3.05) is 19.6 Å². The van der Waals surface area contributed by atoms with Crippen LogP contribution in [0.15, 0.2) is 28.7 Å². The normalized spacial score (nSPS) is 20.6. The fraction of sp³-hybridized carbons (Fsp3) is 0.611. The molecular formula is C18H25BrN2O. The molecule has 0 bridgehead atoms. The average molecular weight is 365 g/mol. The summed E-state index contributed by atoms with van der Waals surface area (Å²) in [6, 6.07) is 8.50. The Morgan fingerprint density at radius 1 is 1.32 bits per heavy atom. The molecule has 1 aromatic rings. The van der Waals surface area contributed by atoms with E-state index in [4.69, 9.17) is 0 Å². The van der Waals surface area contributed by atoms with Crippen molar-refractivity contribution in [2.24, 2.45) is 5.92 Å². The second-order valence-corrected chi connectivity index (χ2v) is 7.72. The molecule has 3 rings (SSSR count). The van der Waals surface area contributed by atoms with Gasteiger partial charge in [-0.15, -0.1) is 0 Å². The molecule has 1 saturated heterocycles. The van der Waals surface area contributed by atoms with Gasteiger partial charge in [0, 0.05) is 22.9 Å². The van der Waals surface area contributed by atoms with Gasteiger partial charge in [0.05, 0.1) is 0 Å². The predicted molar refractivity (Wildman–Crippen MR) is 92.9 cm³/mol. The molecule has 1 saturated carbocycles. The van der Waals surface area contributed by atoms with Crippen molar-refractivity contribution in [1.82, 2.24) is 10.6 Å². The molecule has 2 N–H and O–H groups in total. The van der Waals surface area contributed by atoms with Gasteiger partial charge in [-0.05, 0) is 68.8 Å². The molecule has 0 spiro atoms. The maximum Gasteiger partial charge on any atom is 0.220 e. The van der Waals surface area contributed by atoms with E-state index in [0.29, 0.717) is 6.42 Å². The highest BCUT2D eigenvalue weighted by Crippen LogP contribution is 2.48. The van der Waals surface area contributed by atoms with Crippen molar-refractivity contribution in [3.63, 3.8) is 0 Å². The molecule has 0 unspecified atom stereocenters. The van der Waals surface area contributed by atoms with E-state index in [9.17, 15) is 4.79 Å². The molecule has 4 heteroatoms. The van der Waals surface area contributed by atoms with Crippen LogP contribution >= 0.6 is 15.9 Å². The summed E-state index contributed by atoms with van der Waals surface area (Å²) in [5.41, 5.74) is 1.54. The van der Waals surface area contributed by atoms with Crippen LogP contribution in [0.25, 0.3) is 0 Å². The van der Waals surface area contributed by atoms with Crippen LogP contribution in [0.1, 0.15) is 44.1 Å². The lowest BCUT2D eigenvalue weighted by Crippen LogP contribution is -2.33. The van der Waals surface area contributed by atoms with Crippen LogP contribution in [0.2, 0.25) is 0 Å². The minimum absolute atomic E-state index is 0.189. The molecule has 1 aliphatic heterocycles. The number of nitrogens with one attached hydrogen (secondary N) is 2. The number of halogens is 1. The first-order chi connectivity index (χ1) is 10.7. The van der Waals surface area contributed by atoms with E-state index in [-0.39, 0.29) is 11.3 Å². The number of carbonyl (C=O) groups excluding carboxylic acids is 1. The lowest BCUT2D eigenvalue weighted by atomic mass is 9.93. The van der Waals surface area contributed by atoms with Gasteiger partial charge in [-0.25, -0.2) is 0 Å². The highest BCUT2D eigenvalue weighted by Gasteiger charge is 2.44. The molecule has 2 aliphatic rings. The molecule has 2 fully saturated rings. The van der Waals surface area contributed by atoms with Crippen LogP contribution in [0.3, 0.4) is 0 Å². The lowest BCUT2D eigenvalue weighted by molar-refractivity contribution is -0.121. The number of rotatable bonds is 6. The van der Waals surface area contributed by atoms with E-state index >= 15 is 0 Å². The van der Waals surface area contributed by atoms with E-state index in [1.54, 1.807) is 0 Å². The van der Waals surface area contributed by atoms with Crippen LogP contribution in [-0.2, 0) is 10.2 Å². The van der Waals surface area contributed by atoms with Crippen molar-refractivity contribution in [2.45, 2.75) is 43.9 Å². The Morgan fingerprint density at radius 2 is 2.09 bits per heavy atom. The molecule has 1 amide bonds. The first kappa shape index (κ1) is 16.0. The van der Waals surface area contributed by atoms with E-state index in [1.165, 1.54) is 31.2 Å². The highest BCUT2D eigenvalue weighted by molar-refractivity contribution is 9.10. The fourth-order valence-corrected chi connectivity index (χ4v) is 3.80. The first-order valence-electron chi connectivity index (χ1n) is 8.41. The third-order valence-electron chi connectivity index (χ3n) is 5.15. The van der Waals surface area contributed by atoms with Gasteiger partial charge < -0.3 is 10.6 Å². The zero-order valence-electron chi connectivity index (χ0n) is 13.0. The summed E-state index contributed by atoms with van der Waals surface area (Å²) < 4.78 is 1.12. The van der Waals surface area contributed by atoms with Crippen molar-refractivity contribution in [3.8, 4) is 0 Å². The minimum atomic E-state index is 0.189. The van der Waals surface area contributed by atoms with E-state index in [1.807, 2.05) is 0 Å². The number of hydrogen-bond acceptors (Lipinski definition) is 2. The highest BCUT2D eigenvalue weighted by atomic mass is 79.9. The molecule has 1 aliphatic carbocycles. The zero-order chi connectivity index (χ0) is 15.4. The largest absolute Gasteiger partial charge is 0.355 e. The number of carbonyl (C=O) groups is 1. The van der Waals surface area contributed by atoms with Crippen molar-refractivity contribution < 1.29 is 4.79 Å². The van der Waals surface area contributed by atoms with Gasteiger partial charge >= 0.3 is 0 Å². The Kier molecular flexibility index (Phi) is 5.19. The Hall–Kier alpha value is -0.870. The zero-order valence-corrected chi connectivity index (χ0v) is 14.6. The Labute approximate surface area is 141 Å². The Bertz CT molecular complexity index is 522. The van der Waals surface area contributed by atoms with Gasteiger partial charge in [-0.2, -0.15) is 0 Å². The third-order valence-corrected chi connectivity index (χ3v) is 5.65. The smallest absolute Gasteiger partial charge is 0.220 e. The van der Waals surface area contributed by atoms with Gasteiger partial charge in [0.15, 0.2) is 0 Å². The molecule has 0 radical (unpaired) electrons. The quantitative estimate of drug-likeness (QED) is 0.812. The summed E-state index contributed by atoms with van der Waals surface area (Å²) in [6.45, 7) is 3.01. The second-order valence-electron chi connectivity index (χ2n) is 6.80. The number of piperidine rings is 1. The topological polar surface area (TPSA) is 41.1 Å². The van der Waals surface area contributed by atoms with Gasteiger partial charge in [-0.1, -0.05) is 28.1 Å². The maximum absolute atomic E-state index is 12.1. The standard InChI is InChI=1S/C18H25BrN2O/c19-16-3-1-2-15(12-16)18(8-9-18)13-21-17(22)5-4-14-6-10-20-11-7-14/h1-3,12,14,20H,4-11,13H2,(H,21,22). The van der Waals surface area contributed by atoms with Crippen LogP contribution in [-0.4, -0.2) is 25.5 Å². The molecule has 120 valence electrons. The third kappa shape index (κ3) is 4.11. The number of hydrogen-bond donors (Lipinski definition) is 2. The van der Waals surface area contributed by atoms with Gasteiger partial charge in [0.25, 0.3) is 0 Å². The van der Waals surface area contributed by atoms with E-state index < -0.39 is 0 Å². The van der Waals surface area contributed by atoms with Gasteiger partial charge in [-0.3, -0.25) is 4.79 Å². The summed E-state index contributed by atoms with van der Waals surface area (Å²) in [7, 11) is 0. The van der Waals surface area contributed by atoms with Crippen LogP contribution in [0.5, 0.6) is 0 Å². The van der Waals surface area contributed by atoms with Crippen molar-refractivity contribution in [3.05, 3.63) is 34.3 Å². The molecule has 1 heterocycles. The maximum atomic E-state index is 12.1. The molecule has 22 heavy (non-hydrogen) atoms. The fourth-order valence-electron chi connectivity index (χ4n) is 3.40. The van der Waals surface area contributed by atoms with Crippen LogP contribution in [0.4, 0.5) is 0 Å². The van der Waals surface area contributed by atoms with Crippen LogP contribution in [0, 0.1) is 5.92 Å². The second kappa shape index (κ2) is 7.14. The summed E-state index contributed by atoms with van der Waals surface area (Å²) >= 11 is 3.54. The van der Waals surface area contributed by atoms with E-state index in [0.717, 1.165) is 36.4 Å². The minimum Gasteiger partial charge on any atom is -0.355 e. The molecule has 1 aromatic carbocycles. The van der Waals surface area contributed by atoms with E-state index in [2.05, 4.69) is 50.8 Å². The Morgan fingerprint density at radius 3 is 2.77 bits per heavy atom. The summed E-state index contributed by atoms with van der Waals surface area (Å²) in [5.74, 6) is 0.951. The summed E-state index contributed by atoms with van der Waals surface area (Å²) in [5, 5.41) is 6.55. The number of amides is 1. The lowest BCUT2D eigenvalue weighted by Gasteiger charge is -2.22. The van der Waals surface area contributed by atoms with Crippen LogP contribution < -0.4 is 10.6 Å². The monoisotopic (exact) mass is 364 g/mol. The van der Waals surface area contributed by atoms with Gasteiger partial charge in [0.1, 0.15) is 0 Å². The SMILES string of the molecule is O=C(CCC1CCNCC1)NCC1(c2cccc(Br)c2)CC1. The van der Waals surface area contributed by atoms with Crippen molar-refractivity contribution >= 4 is 21.8 Å². The average Bonchev–Trinajstić information content (AvgIpc) is 3.33. The molecular weight excluding hydrogens is 340 g/mol. The van der Waals surface area contributed by atoms with Gasteiger partial charge in [0.2, 0.25) is 5.91 Å². The molecule has 0 atom stereocenters. The molecule has 0 aromatic heterocycles. The number of benzene rings is 1. The Balaban J connectivity index is 1.44. The predicted octanol–water partition coefficient (Wildman–Crippen LogP) is 3.38. The van der Waals surface area contributed by atoms with Crippen molar-refractivity contribution in [1.29, 1.82) is 0 Å². The first-order valence-corrected chi connectivity index (χ1v) is 9.21. The summed E-state index contributed by atoms with van der Waals surface area (Å²) in [6.07, 6.45) is 6.51. The molecule has 3 nitrogen and oxygen atoms in total.